The van der Waals surface area contributed by atoms with E-state index < -0.39 is 6.04 Å². The van der Waals surface area contributed by atoms with Crippen molar-refractivity contribution >= 4 is 34.0 Å². The molecule has 2 aromatic rings. The third-order valence-corrected chi connectivity index (χ3v) is 4.18. The summed E-state index contributed by atoms with van der Waals surface area (Å²) in [6.45, 7) is 1.67. The first kappa shape index (κ1) is 15.5. The molecular formula is C16H18N4O2S. The molecule has 6 nitrogen and oxygen atoms in total. The van der Waals surface area contributed by atoms with Crippen molar-refractivity contribution in [1.29, 1.82) is 0 Å². The molecule has 1 fully saturated rings. The van der Waals surface area contributed by atoms with E-state index in [-0.39, 0.29) is 17.9 Å². The van der Waals surface area contributed by atoms with Gasteiger partial charge in [-0.3, -0.25) is 9.59 Å². The Morgan fingerprint density at radius 1 is 1.26 bits per heavy atom. The zero-order chi connectivity index (χ0) is 16.2. The molecule has 1 aliphatic rings. The molecule has 1 aliphatic carbocycles. The monoisotopic (exact) mass is 330 g/mol. The quantitative estimate of drug-likeness (QED) is 0.759. The first-order chi connectivity index (χ1) is 11.1. The molecular weight excluding hydrogens is 312 g/mol. The van der Waals surface area contributed by atoms with Gasteiger partial charge in [0.2, 0.25) is 5.91 Å². The van der Waals surface area contributed by atoms with Crippen LogP contribution in [0.4, 0.5) is 10.8 Å². The summed E-state index contributed by atoms with van der Waals surface area (Å²) in [4.78, 5) is 28.3. The van der Waals surface area contributed by atoms with Gasteiger partial charge in [0, 0.05) is 17.1 Å². The number of thiazole rings is 1. The molecule has 0 spiro atoms. The molecule has 3 rings (SSSR count). The van der Waals surface area contributed by atoms with Crippen LogP contribution in [0.1, 0.15) is 30.3 Å². The number of benzene rings is 1. The fraction of sp³-hybridized carbons (Fsp3) is 0.312. The normalized spacial score (nSPS) is 14.8. The molecule has 0 bridgehead atoms. The van der Waals surface area contributed by atoms with Crippen molar-refractivity contribution < 1.29 is 9.59 Å². The second-order valence-electron chi connectivity index (χ2n) is 5.51. The van der Waals surface area contributed by atoms with Crippen LogP contribution in [0.2, 0.25) is 0 Å². The Morgan fingerprint density at radius 3 is 2.70 bits per heavy atom. The number of hydrogen-bond donors (Lipinski definition) is 3. The topological polar surface area (TPSA) is 83.1 Å². The van der Waals surface area contributed by atoms with E-state index in [0.717, 1.165) is 18.5 Å². The average molecular weight is 330 g/mol. The Labute approximate surface area is 138 Å². The highest BCUT2D eigenvalue weighted by Crippen LogP contribution is 2.21. The summed E-state index contributed by atoms with van der Waals surface area (Å²) in [5.74, 6) is -0.500. The molecule has 120 valence electrons. The van der Waals surface area contributed by atoms with E-state index in [4.69, 9.17) is 0 Å². The van der Waals surface area contributed by atoms with Gasteiger partial charge < -0.3 is 16.0 Å². The lowest BCUT2D eigenvalue weighted by Gasteiger charge is -2.12. The molecule has 1 heterocycles. The van der Waals surface area contributed by atoms with Gasteiger partial charge in [0.1, 0.15) is 11.7 Å². The number of amides is 2. The van der Waals surface area contributed by atoms with Crippen molar-refractivity contribution in [1.82, 2.24) is 15.6 Å². The van der Waals surface area contributed by atoms with Crippen LogP contribution in [0, 0.1) is 0 Å². The highest BCUT2D eigenvalue weighted by atomic mass is 32.1. The second-order valence-corrected chi connectivity index (χ2v) is 6.37. The van der Waals surface area contributed by atoms with Crippen molar-refractivity contribution in [3.05, 3.63) is 41.4 Å². The fourth-order valence-corrected chi connectivity index (χ4v) is 2.68. The van der Waals surface area contributed by atoms with Crippen LogP contribution in [0.5, 0.6) is 0 Å². The molecule has 0 saturated heterocycles. The molecule has 3 N–H and O–H groups in total. The third kappa shape index (κ3) is 4.29. The number of nitrogens with one attached hydrogen (secondary N) is 3. The number of carbonyl (C=O) groups excluding carboxylic acids is 2. The van der Waals surface area contributed by atoms with Gasteiger partial charge >= 0.3 is 0 Å². The zero-order valence-corrected chi connectivity index (χ0v) is 13.5. The molecule has 1 saturated carbocycles. The summed E-state index contributed by atoms with van der Waals surface area (Å²) < 4.78 is 0. The molecule has 23 heavy (non-hydrogen) atoms. The van der Waals surface area contributed by atoms with Gasteiger partial charge in [-0.1, -0.05) is 18.2 Å². The Balaban J connectivity index is 1.56. The van der Waals surface area contributed by atoms with Crippen molar-refractivity contribution in [2.45, 2.75) is 31.8 Å². The van der Waals surface area contributed by atoms with Crippen molar-refractivity contribution in [3.8, 4) is 0 Å². The molecule has 0 aliphatic heterocycles. The molecule has 1 aromatic heterocycles. The van der Waals surface area contributed by atoms with Crippen LogP contribution < -0.4 is 16.0 Å². The third-order valence-electron chi connectivity index (χ3n) is 3.43. The maximum atomic E-state index is 12.2. The van der Waals surface area contributed by atoms with Crippen LogP contribution in [0.3, 0.4) is 0 Å². The fourth-order valence-electron chi connectivity index (χ4n) is 1.97. The smallest absolute Gasteiger partial charge is 0.271 e. The minimum absolute atomic E-state index is 0.154. The zero-order valence-electron chi connectivity index (χ0n) is 12.7. The number of nitrogens with zero attached hydrogens (tertiary/aromatic N) is 1. The lowest BCUT2D eigenvalue weighted by molar-refractivity contribution is -0.122. The Hall–Kier alpha value is -2.41. The number of aromatic nitrogens is 1. The van der Waals surface area contributed by atoms with E-state index in [0.29, 0.717) is 10.8 Å². The SMILES string of the molecule is CC(NC(=O)c1csc(Nc2ccccc2)n1)C(=O)NC1CC1. The number of para-hydroxylation sites is 1. The standard InChI is InChI=1S/C16H18N4O2S/c1-10(14(21)18-12-7-8-12)17-15(22)13-9-23-16(20-13)19-11-5-3-2-4-6-11/h2-6,9-10,12H,7-8H2,1H3,(H,17,22)(H,18,21)(H,19,20). The Morgan fingerprint density at radius 2 is 2.00 bits per heavy atom. The maximum Gasteiger partial charge on any atom is 0.271 e. The van der Waals surface area contributed by atoms with E-state index in [1.807, 2.05) is 30.3 Å². The van der Waals surface area contributed by atoms with E-state index >= 15 is 0 Å². The lowest BCUT2D eigenvalue weighted by atomic mass is 10.3. The van der Waals surface area contributed by atoms with Crippen molar-refractivity contribution in [2.24, 2.45) is 0 Å². The minimum Gasteiger partial charge on any atom is -0.352 e. The summed E-state index contributed by atoms with van der Waals surface area (Å²) in [6.07, 6.45) is 2.04. The van der Waals surface area contributed by atoms with Gasteiger partial charge in [0.25, 0.3) is 5.91 Å². The van der Waals surface area contributed by atoms with Gasteiger partial charge in [0.05, 0.1) is 0 Å². The summed E-state index contributed by atoms with van der Waals surface area (Å²) >= 11 is 1.35. The van der Waals surface area contributed by atoms with Crippen LogP contribution >= 0.6 is 11.3 Å². The first-order valence-corrected chi connectivity index (χ1v) is 8.38. The average Bonchev–Trinajstić information content (AvgIpc) is 3.23. The molecule has 1 aromatic carbocycles. The minimum atomic E-state index is -0.574. The lowest BCUT2D eigenvalue weighted by Crippen LogP contribution is -2.45. The van der Waals surface area contributed by atoms with Crippen LogP contribution in [0.15, 0.2) is 35.7 Å². The van der Waals surface area contributed by atoms with Crippen LogP contribution in [0.25, 0.3) is 0 Å². The Bertz CT molecular complexity index is 697. The van der Waals surface area contributed by atoms with E-state index in [9.17, 15) is 9.59 Å². The van der Waals surface area contributed by atoms with Crippen LogP contribution in [-0.4, -0.2) is 28.9 Å². The van der Waals surface area contributed by atoms with E-state index in [1.54, 1.807) is 12.3 Å². The van der Waals surface area contributed by atoms with Gasteiger partial charge in [-0.15, -0.1) is 11.3 Å². The van der Waals surface area contributed by atoms with Gasteiger partial charge in [-0.2, -0.15) is 0 Å². The summed E-state index contributed by atoms with van der Waals surface area (Å²) in [5.41, 5.74) is 1.21. The summed E-state index contributed by atoms with van der Waals surface area (Å²) in [7, 11) is 0. The van der Waals surface area contributed by atoms with Gasteiger partial charge in [-0.25, -0.2) is 4.98 Å². The number of anilines is 2. The Kier molecular flexibility index (Phi) is 4.57. The largest absolute Gasteiger partial charge is 0.352 e. The predicted molar refractivity (Wildman–Crippen MR) is 89.9 cm³/mol. The van der Waals surface area contributed by atoms with Gasteiger partial charge in [0.15, 0.2) is 5.13 Å². The maximum absolute atomic E-state index is 12.2. The molecule has 1 unspecified atom stereocenters. The highest BCUT2D eigenvalue weighted by molar-refractivity contribution is 7.14. The number of carbonyl (C=O) groups is 2. The predicted octanol–water partition coefficient (Wildman–Crippen LogP) is 2.28. The molecule has 2 amide bonds. The summed E-state index contributed by atoms with van der Waals surface area (Å²) in [6, 6.07) is 9.32. The second kappa shape index (κ2) is 6.78. The molecule has 7 heteroatoms. The van der Waals surface area contributed by atoms with Crippen LogP contribution in [-0.2, 0) is 4.79 Å². The van der Waals surface area contributed by atoms with Crippen molar-refractivity contribution in [3.63, 3.8) is 0 Å². The van der Waals surface area contributed by atoms with Crippen molar-refractivity contribution in [2.75, 3.05) is 5.32 Å². The molecule has 1 atom stereocenters. The summed E-state index contributed by atoms with van der Waals surface area (Å²) in [5, 5.41) is 11.0. The van der Waals surface area contributed by atoms with E-state index in [1.165, 1.54) is 11.3 Å². The molecule has 0 radical (unpaired) electrons. The number of hydrogen-bond acceptors (Lipinski definition) is 5. The van der Waals surface area contributed by atoms with E-state index in [2.05, 4.69) is 20.9 Å². The first-order valence-electron chi connectivity index (χ1n) is 7.50. The van der Waals surface area contributed by atoms with Gasteiger partial charge in [-0.05, 0) is 31.9 Å². The highest BCUT2D eigenvalue weighted by Gasteiger charge is 2.26. The number of rotatable bonds is 6.